The summed E-state index contributed by atoms with van der Waals surface area (Å²) < 4.78 is 13.5. The number of carbonyl (C=O) groups is 2. The van der Waals surface area contributed by atoms with Gasteiger partial charge in [0.05, 0.1) is 13.1 Å². The molecule has 2 amide bonds. The largest absolute Gasteiger partial charge is 0.368 e. The van der Waals surface area contributed by atoms with Gasteiger partial charge >= 0.3 is 0 Å². The lowest BCUT2D eigenvalue weighted by Gasteiger charge is -2.11. The number of aliphatic imine (C=N–C) groups is 1. The molecule has 0 bridgehead atoms. The van der Waals surface area contributed by atoms with Gasteiger partial charge < -0.3 is 26.7 Å². The Bertz CT molecular complexity index is 1110. The third kappa shape index (κ3) is 7.74. The number of aromatic amines is 1. The monoisotopic (exact) mass is 566 g/mol. The number of benzene rings is 2. The van der Waals surface area contributed by atoms with Crippen LogP contribution in [0.2, 0.25) is 0 Å². The third-order valence-corrected chi connectivity index (χ3v) is 4.82. The number of nitrogens with one attached hydrogen (secondary N) is 4. The van der Waals surface area contributed by atoms with Crippen molar-refractivity contribution in [3.63, 3.8) is 0 Å². The van der Waals surface area contributed by atoms with Crippen molar-refractivity contribution in [2.24, 2.45) is 10.7 Å². The molecule has 0 radical (unpaired) electrons. The van der Waals surface area contributed by atoms with Gasteiger partial charge in [-0.3, -0.25) is 9.59 Å². The van der Waals surface area contributed by atoms with Gasteiger partial charge in [-0.1, -0.05) is 12.1 Å². The normalized spacial score (nSPS) is 11.0. The van der Waals surface area contributed by atoms with Crippen LogP contribution in [0.3, 0.4) is 0 Å². The number of nitrogens with two attached hydrogens (primary N) is 1. The van der Waals surface area contributed by atoms with Crippen LogP contribution in [0.5, 0.6) is 0 Å². The number of fused-ring (bicyclic) bond motifs is 1. The number of H-pyrrole nitrogens is 1. The number of aromatic nitrogens is 1. The van der Waals surface area contributed by atoms with Gasteiger partial charge in [-0.25, -0.2) is 9.38 Å². The Morgan fingerprint density at radius 3 is 2.55 bits per heavy atom. The van der Waals surface area contributed by atoms with Crippen LogP contribution in [-0.2, 0) is 17.8 Å². The summed E-state index contributed by atoms with van der Waals surface area (Å²) >= 11 is 0. The molecule has 1 heterocycles. The molecule has 0 saturated heterocycles. The first-order valence-corrected chi connectivity index (χ1v) is 10.4. The van der Waals surface area contributed by atoms with Gasteiger partial charge in [-0.15, -0.1) is 24.0 Å². The highest BCUT2D eigenvalue weighted by Crippen LogP contribution is 2.19. The summed E-state index contributed by atoms with van der Waals surface area (Å²) in [7, 11) is 0. The molecule has 0 unspecified atom stereocenters. The lowest BCUT2D eigenvalue weighted by Crippen LogP contribution is -2.38. The second-order valence-corrected chi connectivity index (χ2v) is 7.22. The van der Waals surface area contributed by atoms with E-state index in [1.54, 1.807) is 18.2 Å². The van der Waals surface area contributed by atoms with E-state index in [9.17, 15) is 14.0 Å². The van der Waals surface area contributed by atoms with Crippen LogP contribution >= 0.6 is 24.0 Å². The number of rotatable bonds is 9. The SMILES string of the molecule is CCNC(=NCc1ccc(C(=O)NCC(N)=O)cc1)NCCc1c[nH]c2ccc(F)cc12.I. The van der Waals surface area contributed by atoms with Crippen LogP contribution in [0.4, 0.5) is 4.39 Å². The summed E-state index contributed by atoms with van der Waals surface area (Å²) in [4.78, 5) is 30.4. The van der Waals surface area contributed by atoms with Gasteiger partial charge in [0.1, 0.15) is 5.82 Å². The van der Waals surface area contributed by atoms with E-state index >= 15 is 0 Å². The lowest BCUT2D eigenvalue weighted by atomic mass is 10.1. The Hall–Kier alpha value is -3.15. The summed E-state index contributed by atoms with van der Waals surface area (Å²) in [6.07, 6.45) is 2.61. The fourth-order valence-corrected chi connectivity index (χ4v) is 3.22. The van der Waals surface area contributed by atoms with Crippen LogP contribution in [0.15, 0.2) is 53.7 Å². The molecule has 3 aromatic rings. The summed E-state index contributed by atoms with van der Waals surface area (Å²) in [6.45, 7) is 3.56. The highest BCUT2D eigenvalue weighted by Gasteiger charge is 2.07. The van der Waals surface area contributed by atoms with Gasteiger partial charge in [0.2, 0.25) is 5.91 Å². The molecular weight excluding hydrogens is 538 g/mol. The van der Waals surface area contributed by atoms with Crippen molar-refractivity contribution in [3.05, 3.63) is 71.2 Å². The zero-order chi connectivity index (χ0) is 22.9. The molecule has 2 aromatic carbocycles. The van der Waals surface area contributed by atoms with E-state index < -0.39 is 5.91 Å². The van der Waals surface area contributed by atoms with E-state index in [-0.39, 0.29) is 42.2 Å². The maximum absolute atomic E-state index is 13.5. The molecule has 10 heteroatoms. The van der Waals surface area contributed by atoms with Gasteiger partial charge in [0.25, 0.3) is 5.91 Å². The van der Waals surface area contributed by atoms with Crippen molar-refractivity contribution in [2.45, 2.75) is 19.9 Å². The van der Waals surface area contributed by atoms with E-state index in [1.165, 1.54) is 12.1 Å². The molecule has 0 aliphatic rings. The van der Waals surface area contributed by atoms with Crippen molar-refractivity contribution in [3.8, 4) is 0 Å². The minimum absolute atomic E-state index is 0. The van der Waals surface area contributed by atoms with Crippen molar-refractivity contribution in [2.75, 3.05) is 19.6 Å². The first kappa shape index (κ1) is 26.1. The van der Waals surface area contributed by atoms with E-state index in [4.69, 9.17) is 5.73 Å². The average Bonchev–Trinajstić information content (AvgIpc) is 3.18. The molecule has 176 valence electrons. The molecule has 0 spiro atoms. The number of hydrogen-bond acceptors (Lipinski definition) is 3. The lowest BCUT2D eigenvalue weighted by molar-refractivity contribution is -0.117. The smallest absolute Gasteiger partial charge is 0.251 e. The molecule has 0 atom stereocenters. The number of halogens is 2. The van der Waals surface area contributed by atoms with Gasteiger partial charge in [-0.2, -0.15) is 0 Å². The minimum atomic E-state index is -0.593. The van der Waals surface area contributed by atoms with E-state index in [0.29, 0.717) is 37.6 Å². The molecule has 8 nitrogen and oxygen atoms in total. The molecule has 3 rings (SSSR count). The van der Waals surface area contributed by atoms with Crippen LogP contribution in [0.25, 0.3) is 10.9 Å². The topological polar surface area (TPSA) is 124 Å². The van der Waals surface area contributed by atoms with Crippen LogP contribution in [0, 0.1) is 5.82 Å². The predicted molar refractivity (Wildman–Crippen MR) is 138 cm³/mol. The first-order valence-electron chi connectivity index (χ1n) is 10.4. The molecule has 1 aromatic heterocycles. The molecule has 0 aliphatic carbocycles. The number of amides is 2. The first-order chi connectivity index (χ1) is 15.5. The number of carbonyl (C=O) groups excluding carboxylic acids is 2. The Morgan fingerprint density at radius 2 is 1.85 bits per heavy atom. The fourth-order valence-electron chi connectivity index (χ4n) is 3.22. The minimum Gasteiger partial charge on any atom is -0.368 e. The third-order valence-electron chi connectivity index (χ3n) is 4.82. The highest BCUT2D eigenvalue weighted by atomic mass is 127. The van der Waals surface area contributed by atoms with Crippen LogP contribution < -0.4 is 21.7 Å². The number of hydrogen-bond donors (Lipinski definition) is 5. The molecule has 6 N–H and O–H groups in total. The molecule has 0 saturated carbocycles. The quantitative estimate of drug-likeness (QED) is 0.155. The van der Waals surface area contributed by atoms with E-state index in [1.807, 2.05) is 25.3 Å². The molecule has 33 heavy (non-hydrogen) atoms. The Labute approximate surface area is 208 Å². The second-order valence-electron chi connectivity index (χ2n) is 7.22. The second kappa shape index (κ2) is 12.8. The average molecular weight is 566 g/mol. The summed E-state index contributed by atoms with van der Waals surface area (Å²) in [6, 6.07) is 11.7. The number of primary amides is 1. The highest BCUT2D eigenvalue weighted by molar-refractivity contribution is 14.0. The maximum atomic E-state index is 13.5. The molecule has 0 aliphatic heterocycles. The van der Waals surface area contributed by atoms with E-state index in [0.717, 1.165) is 22.0 Å². The summed E-state index contributed by atoms with van der Waals surface area (Å²) in [5, 5.41) is 9.82. The standard InChI is InChI=1S/C23H27FN6O2.HI/c1-2-26-23(27-10-9-17-13-28-20-8-7-18(24)11-19(17)20)30-12-15-3-5-16(6-4-15)22(32)29-14-21(25)31;/h3-8,11,13,28H,2,9-10,12,14H2,1H3,(H2,25,31)(H,29,32)(H2,26,27,30);1H. The Kier molecular flexibility index (Phi) is 10.1. The molecule has 0 fully saturated rings. The maximum Gasteiger partial charge on any atom is 0.251 e. The zero-order valence-corrected chi connectivity index (χ0v) is 20.6. The Morgan fingerprint density at radius 1 is 1.09 bits per heavy atom. The predicted octanol–water partition coefficient (Wildman–Crippen LogP) is 2.44. The van der Waals surface area contributed by atoms with Crippen molar-refractivity contribution in [1.82, 2.24) is 20.9 Å². The summed E-state index contributed by atoms with van der Waals surface area (Å²) in [5.74, 6) is -0.532. The van der Waals surface area contributed by atoms with Gasteiger partial charge in [0.15, 0.2) is 5.96 Å². The van der Waals surface area contributed by atoms with Crippen LogP contribution in [0.1, 0.15) is 28.4 Å². The van der Waals surface area contributed by atoms with Crippen molar-refractivity contribution < 1.29 is 14.0 Å². The zero-order valence-electron chi connectivity index (χ0n) is 18.3. The van der Waals surface area contributed by atoms with Crippen molar-refractivity contribution in [1.29, 1.82) is 0 Å². The van der Waals surface area contributed by atoms with E-state index in [2.05, 4.69) is 25.9 Å². The fraction of sp³-hybridized carbons (Fsp3) is 0.261. The van der Waals surface area contributed by atoms with Crippen LogP contribution in [-0.4, -0.2) is 42.4 Å². The van der Waals surface area contributed by atoms with Crippen molar-refractivity contribution >= 4 is 52.7 Å². The Balaban J connectivity index is 0.00000385. The number of nitrogens with zero attached hydrogens (tertiary/aromatic N) is 1. The van der Waals surface area contributed by atoms with Gasteiger partial charge in [-0.05, 0) is 54.8 Å². The molecular formula is C23H28FIN6O2. The summed E-state index contributed by atoms with van der Waals surface area (Å²) in [5.41, 5.74) is 8.35. The van der Waals surface area contributed by atoms with Gasteiger partial charge in [0, 0.05) is 35.8 Å². The number of guanidine groups is 1.